The van der Waals surface area contributed by atoms with Gasteiger partial charge in [-0.1, -0.05) is 106 Å². The number of rotatable bonds is 6. The van der Waals surface area contributed by atoms with Crippen LogP contribution in [0.2, 0.25) is 0 Å². The van der Waals surface area contributed by atoms with Crippen LogP contribution in [0.25, 0.3) is 27.1 Å². The third-order valence-corrected chi connectivity index (χ3v) is 9.60. The van der Waals surface area contributed by atoms with Crippen molar-refractivity contribution in [2.24, 2.45) is 0 Å². The topological polar surface area (TPSA) is 0 Å². The second-order valence-corrected chi connectivity index (χ2v) is 13.3. The van der Waals surface area contributed by atoms with Crippen LogP contribution in [-0.4, -0.2) is 3.21 Å². The first-order valence-corrected chi connectivity index (χ1v) is 16.2. The van der Waals surface area contributed by atoms with E-state index in [1.54, 1.807) is 5.56 Å². The molecule has 0 amide bonds. The first-order chi connectivity index (χ1) is 19.8. The van der Waals surface area contributed by atoms with Gasteiger partial charge in [0.25, 0.3) is 0 Å². The molecular weight excluding hydrogens is 643 g/mol. The number of hydrogen-bond acceptors (Lipinski definition) is 0. The van der Waals surface area contributed by atoms with Gasteiger partial charge in [0.2, 0.25) is 0 Å². The molecular formula is C40H41Cl2Zr-. The van der Waals surface area contributed by atoms with Gasteiger partial charge in [-0.15, -0.1) is 33.7 Å². The van der Waals surface area contributed by atoms with Gasteiger partial charge in [0.15, 0.2) is 0 Å². The monoisotopic (exact) mass is 681 g/mol. The van der Waals surface area contributed by atoms with Crippen molar-refractivity contribution < 1.29 is 49.0 Å². The number of halogens is 2. The van der Waals surface area contributed by atoms with Crippen molar-refractivity contribution in [1.82, 2.24) is 0 Å². The van der Waals surface area contributed by atoms with Gasteiger partial charge >= 0.3 is 99.2 Å². The van der Waals surface area contributed by atoms with Crippen LogP contribution in [0.3, 0.4) is 0 Å². The average Bonchev–Trinajstić information content (AvgIpc) is 3.65. The van der Waals surface area contributed by atoms with Crippen LogP contribution in [-0.2, 0) is 24.2 Å². The molecule has 0 fully saturated rings. The van der Waals surface area contributed by atoms with Crippen LogP contribution in [0.4, 0.5) is 0 Å². The molecule has 0 saturated carbocycles. The molecule has 1 aliphatic rings. The normalized spacial score (nSPS) is 12.3. The van der Waals surface area contributed by atoms with Gasteiger partial charge in [0.05, 0.1) is 0 Å². The molecule has 1 aliphatic carbocycles. The number of fused-ring (bicyclic) bond motifs is 3. The molecule has 6 rings (SSSR count). The number of allylic oxidation sites excluding steroid dienone is 4. The number of benzene rings is 4. The summed E-state index contributed by atoms with van der Waals surface area (Å²) in [7, 11) is 0. The predicted octanol–water partition coefficient (Wildman–Crippen LogP) is 5.24. The van der Waals surface area contributed by atoms with E-state index in [2.05, 4.69) is 151 Å². The molecule has 0 spiro atoms. The minimum atomic E-state index is 0. The average molecular weight is 684 g/mol. The molecule has 43 heavy (non-hydrogen) atoms. The fourth-order valence-corrected chi connectivity index (χ4v) is 7.00. The third kappa shape index (κ3) is 7.45. The SMILES string of the molecule is CC(C)c1cc(C2=CC=CC2)c2[cH-]c3cccc(C(C)C)c3c2c1C(C)C.[Cl-].[Cl-].[Zr+2]=[C](c1ccccc1)c1ccccc1. The molecule has 0 radical (unpaired) electrons. The zero-order valence-electron chi connectivity index (χ0n) is 26.1. The Morgan fingerprint density at radius 3 is 1.74 bits per heavy atom. The molecule has 0 N–H and O–H groups in total. The van der Waals surface area contributed by atoms with Gasteiger partial charge < -0.3 is 24.8 Å². The van der Waals surface area contributed by atoms with E-state index in [-0.39, 0.29) is 24.8 Å². The van der Waals surface area contributed by atoms with E-state index in [0.29, 0.717) is 17.8 Å². The molecule has 0 nitrogen and oxygen atoms in total. The molecule has 3 heteroatoms. The van der Waals surface area contributed by atoms with Crippen LogP contribution in [0, 0.1) is 0 Å². The summed E-state index contributed by atoms with van der Waals surface area (Å²) >= 11 is 1.46. The Bertz CT molecular complexity index is 1690. The fraction of sp³-hybridized carbons (Fsp3) is 0.250. The van der Waals surface area contributed by atoms with Crippen LogP contribution >= 0.6 is 0 Å². The van der Waals surface area contributed by atoms with Crippen LogP contribution in [0.5, 0.6) is 0 Å². The van der Waals surface area contributed by atoms with Crippen molar-refractivity contribution >= 4 is 30.3 Å². The first-order valence-electron chi connectivity index (χ1n) is 15.0. The van der Waals surface area contributed by atoms with E-state index in [1.165, 1.54) is 82.4 Å². The van der Waals surface area contributed by atoms with Crippen molar-refractivity contribution in [2.75, 3.05) is 0 Å². The maximum atomic E-state index is 2.50. The fourth-order valence-electron chi connectivity index (χ4n) is 6.18. The summed E-state index contributed by atoms with van der Waals surface area (Å²) in [5, 5.41) is 5.84. The quantitative estimate of drug-likeness (QED) is 0.215. The Hall–Kier alpha value is -2.44. The summed E-state index contributed by atoms with van der Waals surface area (Å²) < 4.78 is 1.42. The van der Waals surface area contributed by atoms with E-state index in [9.17, 15) is 0 Å². The molecule has 220 valence electrons. The second kappa shape index (κ2) is 15.5. The standard InChI is InChI=1S/C27H31.C13H10.2ClH.Zr/c1-16(2)21-13-9-12-20-14-24-23(19-10-7-8-11-19)15-22(17(3)4)25(18(5)6)27(24)26(20)21;1-3-7-12(8-4-1)11-13-9-5-2-6-10-13;;;/h7-10,12-18H,11H2,1-6H3;1-10H;2*1H;/q-1;;;;+2/p-2. The van der Waals surface area contributed by atoms with Crippen LogP contribution in [0.1, 0.15) is 99.1 Å². The molecule has 0 aliphatic heterocycles. The Balaban J connectivity index is 0.000000269. The summed E-state index contributed by atoms with van der Waals surface area (Å²) in [6, 6.07) is 32.9. The van der Waals surface area contributed by atoms with Crippen LogP contribution < -0.4 is 24.8 Å². The summed E-state index contributed by atoms with van der Waals surface area (Å²) in [5.74, 6) is 1.56. The zero-order valence-corrected chi connectivity index (χ0v) is 30.1. The molecule has 5 aromatic carbocycles. The molecule has 5 aromatic rings. The zero-order chi connectivity index (χ0) is 29.1. The van der Waals surface area contributed by atoms with E-state index in [1.807, 2.05) is 0 Å². The van der Waals surface area contributed by atoms with Crippen molar-refractivity contribution in [3.63, 3.8) is 0 Å². The molecule has 0 unspecified atom stereocenters. The van der Waals surface area contributed by atoms with E-state index >= 15 is 0 Å². The second-order valence-electron chi connectivity index (χ2n) is 12.1. The van der Waals surface area contributed by atoms with Crippen molar-refractivity contribution in [3.8, 4) is 0 Å². The summed E-state index contributed by atoms with van der Waals surface area (Å²) in [5.41, 5.74) is 10.1. The van der Waals surface area contributed by atoms with Gasteiger partial charge in [-0.3, -0.25) is 0 Å². The van der Waals surface area contributed by atoms with Crippen molar-refractivity contribution in [1.29, 1.82) is 0 Å². The Morgan fingerprint density at radius 2 is 1.26 bits per heavy atom. The van der Waals surface area contributed by atoms with Crippen molar-refractivity contribution in [3.05, 3.63) is 143 Å². The van der Waals surface area contributed by atoms with Gasteiger partial charge in [-0.2, -0.15) is 0 Å². The van der Waals surface area contributed by atoms with E-state index in [0.717, 1.165) is 6.42 Å². The molecule has 0 atom stereocenters. The van der Waals surface area contributed by atoms with E-state index < -0.39 is 0 Å². The Morgan fingerprint density at radius 1 is 0.674 bits per heavy atom. The molecule has 0 aromatic heterocycles. The van der Waals surface area contributed by atoms with Crippen LogP contribution in [0.15, 0.2) is 109 Å². The number of hydrogen-bond donors (Lipinski definition) is 0. The summed E-state index contributed by atoms with van der Waals surface area (Å²) in [6.45, 7) is 14.0. The molecule has 0 heterocycles. The third-order valence-electron chi connectivity index (χ3n) is 8.18. The first kappa shape index (κ1) is 35.0. The van der Waals surface area contributed by atoms with Gasteiger partial charge in [-0.05, 0) is 24.2 Å². The van der Waals surface area contributed by atoms with Gasteiger partial charge in [0.1, 0.15) is 0 Å². The Kier molecular flexibility index (Phi) is 12.7. The summed E-state index contributed by atoms with van der Waals surface area (Å²) in [6.07, 6.45) is 7.82. The van der Waals surface area contributed by atoms with Gasteiger partial charge in [-0.25, -0.2) is 0 Å². The van der Waals surface area contributed by atoms with E-state index in [4.69, 9.17) is 0 Å². The van der Waals surface area contributed by atoms with Gasteiger partial charge in [0, 0.05) is 0 Å². The summed E-state index contributed by atoms with van der Waals surface area (Å²) in [4.78, 5) is 0. The van der Waals surface area contributed by atoms with Crippen molar-refractivity contribution in [2.45, 2.75) is 65.7 Å². The maximum absolute atomic E-state index is 2.50. The predicted molar refractivity (Wildman–Crippen MR) is 177 cm³/mol. The minimum absolute atomic E-state index is 0. The molecule has 0 bridgehead atoms. The molecule has 0 saturated heterocycles. The Labute approximate surface area is 285 Å².